The molecule has 1 atom stereocenters. The van der Waals surface area contributed by atoms with Crippen LogP contribution in [0.25, 0.3) is 0 Å². The number of halogens is 1. The topological polar surface area (TPSA) is 38.2 Å². The maximum Gasteiger partial charge on any atom is 0.228 e. The van der Waals surface area contributed by atoms with Gasteiger partial charge in [-0.1, -0.05) is 0 Å². The minimum Gasteiger partial charge on any atom is -0.439 e. The lowest BCUT2D eigenvalue weighted by Crippen LogP contribution is -2.32. The van der Waals surface area contributed by atoms with E-state index in [1.807, 2.05) is 11.8 Å². The first kappa shape index (κ1) is 15.1. The molecule has 0 bridgehead atoms. The largest absolute Gasteiger partial charge is 0.439 e. The van der Waals surface area contributed by atoms with Gasteiger partial charge in [0.2, 0.25) is 11.8 Å². The van der Waals surface area contributed by atoms with Crippen molar-refractivity contribution in [3.63, 3.8) is 0 Å². The Kier molecular flexibility index (Phi) is 4.77. The Hall–Kier alpha value is -1.82. The highest BCUT2D eigenvalue weighted by Crippen LogP contribution is 2.27. The summed E-state index contributed by atoms with van der Waals surface area (Å²) in [5.74, 6) is 2.54. The van der Waals surface area contributed by atoms with Crippen molar-refractivity contribution in [3.8, 4) is 11.6 Å². The van der Waals surface area contributed by atoms with Crippen molar-refractivity contribution in [2.24, 2.45) is 0 Å². The molecule has 1 aromatic heterocycles. The number of hydrogen-bond donors (Lipinski definition) is 0. The molecule has 0 radical (unpaired) electrons. The number of anilines is 1. The summed E-state index contributed by atoms with van der Waals surface area (Å²) in [5, 5.41) is 0. The maximum atomic E-state index is 12.9. The predicted octanol–water partition coefficient (Wildman–Crippen LogP) is 3.74. The molecule has 1 aromatic carbocycles. The molecule has 116 valence electrons. The molecular formula is C16H18FN3OS. The number of aromatic nitrogens is 2. The number of nitrogens with zero attached hydrogens (tertiary/aromatic N) is 3. The Bertz CT molecular complexity index is 623. The molecule has 2 heterocycles. The van der Waals surface area contributed by atoms with Crippen LogP contribution in [0, 0.1) is 5.82 Å². The first-order valence-corrected chi connectivity index (χ1v) is 8.67. The van der Waals surface area contributed by atoms with Gasteiger partial charge in [-0.3, -0.25) is 0 Å². The zero-order valence-electron chi connectivity index (χ0n) is 12.4. The molecule has 0 N–H and O–H groups in total. The quantitative estimate of drug-likeness (QED) is 0.839. The smallest absolute Gasteiger partial charge is 0.228 e. The number of thioether (sulfide) groups is 1. The highest BCUT2D eigenvalue weighted by molar-refractivity contribution is 7.98. The molecular weight excluding hydrogens is 301 g/mol. The molecule has 4 nitrogen and oxygen atoms in total. The third-order valence-corrected chi connectivity index (χ3v) is 4.36. The van der Waals surface area contributed by atoms with Crippen LogP contribution in [0.5, 0.6) is 11.6 Å². The Balaban J connectivity index is 1.76. The Morgan fingerprint density at radius 2 is 2.14 bits per heavy atom. The maximum absolute atomic E-state index is 12.9. The van der Waals surface area contributed by atoms with Gasteiger partial charge in [0, 0.05) is 30.6 Å². The summed E-state index contributed by atoms with van der Waals surface area (Å²) >= 11 is 1.84. The van der Waals surface area contributed by atoms with Gasteiger partial charge in [-0.2, -0.15) is 16.7 Å². The van der Waals surface area contributed by atoms with E-state index < -0.39 is 0 Å². The zero-order chi connectivity index (χ0) is 15.4. The van der Waals surface area contributed by atoms with Gasteiger partial charge in [0.15, 0.2) is 0 Å². The minimum atomic E-state index is -0.285. The normalized spacial score (nSPS) is 17.7. The molecule has 1 unspecified atom stereocenters. The summed E-state index contributed by atoms with van der Waals surface area (Å²) in [6.45, 7) is 0.977. The van der Waals surface area contributed by atoms with Crippen molar-refractivity contribution in [1.82, 2.24) is 9.97 Å². The van der Waals surface area contributed by atoms with Crippen LogP contribution in [-0.4, -0.2) is 34.6 Å². The average Bonchev–Trinajstić information content (AvgIpc) is 2.99. The second-order valence-corrected chi connectivity index (χ2v) is 6.11. The van der Waals surface area contributed by atoms with Crippen LogP contribution in [0.15, 0.2) is 36.5 Å². The van der Waals surface area contributed by atoms with E-state index in [0.29, 0.717) is 23.6 Å². The van der Waals surface area contributed by atoms with Crippen molar-refractivity contribution >= 4 is 17.7 Å². The summed E-state index contributed by atoms with van der Waals surface area (Å²) in [6, 6.07) is 8.11. The van der Waals surface area contributed by atoms with E-state index in [4.69, 9.17) is 4.74 Å². The molecule has 1 aliphatic rings. The highest BCUT2D eigenvalue weighted by atomic mass is 32.2. The van der Waals surface area contributed by atoms with Gasteiger partial charge in [-0.15, -0.1) is 0 Å². The molecule has 1 saturated heterocycles. The average molecular weight is 319 g/mol. The van der Waals surface area contributed by atoms with Gasteiger partial charge >= 0.3 is 0 Å². The van der Waals surface area contributed by atoms with Gasteiger partial charge in [-0.25, -0.2) is 9.37 Å². The van der Waals surface area contributed by atoms with Crippen molar-refractivity contribution in [3.05, 3.63) is 42.3 Å². The summed E-state index contributed by atoms with van der Waals surface area (Å²) in [4.78, 5) is 11.1. The first-order valence-electron chi connectivity index (χ1n) is 7.28. The van der Waals surface area contributed by atoms with E-state index in [2.05, 4.69) is 21.1 Å². The fourth-order valence-corrected chi connectivity index (χ4v) is 3.35. The third-order valence-electron chi connectivity index (χ3n) is 3.65. The number of rotatable bonds is 5. The molecule has 0 aliphatic carbocycles. The van der Waals surface area contributed by atoms with Gasteiger partial charge in [-0.05, 0) is 43.4 Å². The lowest BCUT2D eigenvalue weighted by Gasteiger charge is -2.24. The van der Waals surface area contributed by atoms with Crippen LogP contribution < -0.4 is 9.64 Å². The van der Waals surface area contributed by atoms with Gasteiger partial charge in [0.1, 0.15) is 11.6 Å². The lowest BCUT2D eigenvalue weighted by atomic mass is 10.2. The summed E-state index contributed by atoms with van der Waals surface area (Å²) in [5.41, 5.74) is 0. The predicted molar refractivity (Wildman–Crippen MR) is 87.3 cm³/mol. The number of benzene rings is 1. The van der Waals surface area contributed by atoms with Crippen LogP contribution >= 0.6 is 11.8 Å². The van der Waals surface area contributed by atoms with Crippen LogP contribution in [-0.2, 0) is 0 Å². The molecule has 3 rings (SSSR count). The van der Waals surface area contributed by atoms with E-state index in [0.717, 1.165) is 18.7 Å². The zero-order valence-corrected chi connectivity index (χ0v) is 13.2. The van der Waals surface area contributed by atoms with E-state index in [9.17, 15) is 4.39 Å². The van der Waals surface area contributed by atoms with Crippen molar-refractivity contribution in [2.45, 2.75) is 18.9 Å². The van der Waals surface area contributed by atoms with Crippen molar-refractivity contribution in [2.75, 3.05) is 23.5 Å². The molecule has 1 aliphatic heterocycles. The monoisotopic (exact) mass is 319 g/mol. The summed E-state index contributed by atoms with van der Waals surface area (Å²) < 4.78 is 18.6. The van der Waals surface area contributed by atoms with Gasteiger partial charge < -0.3 is 9.64 Å². The molecule has 6 heteroatoms. The Labute approximate surface area is 133 Å². The summed E-state index contributed by atoms with van der Waals surface area (Å²) in [7, 11) is 0. The SMILES string of the molecule is CSCC1CCCN1c1nccc(Oc2ccc(F)cc2)n1. The van der Waals surface area contributed by atoms with Gasteiger partial charge in [0.05, 0.1) is 0 Å². The lowest BCUT2D eigenvalue weighted by molar-refractivity contribution is 0.459. The molecule has 0 amide bonds. The fraction of sp³-hybridized carbons (Fsp3) is 0.375. The van der Waals surface area contributed by atoms with E-state index in [1.165, 1.54) is 18.6 Å². The molecule has 0 spiro atoms. The second-order valence-electron chi connectivity index (χ2n) is 5.20. The van der Waals surface area contributed by atoms with E-state index in [-0.39, 0.29) is 5.82 Å². The third kappa shape index (κ3) is 3.50. The van der Waals surface area contributed by atoms with Crippen LogP contribution in [0.2, 0.25) is 0 Å². The van der Waals surface area contributed by atoms with Crippen LogP contribution in [0.3, 0.4) is 0 Å². The van der Waals surface area contributed by atoms with Crippen molar-refractivity contribution in [1.29, 1.82) is 0 Å². The van der Waals surface area contributed by atoms with E-state index >= 15 is 0 Å². The van der Waals surface area contributed by atoms with Crippen LogP contribution in [0.1, 0.15) is 12.8 Å². The molecule has 0 saturated carbocycles. The number of hydrogen-bond acceptors (Lipinski definition) is 5. The second kappa shape index (κ2) is 6.96. The number of ether oxygens (including phenoxy) is 1. The summed E-state index contributed by atoms with van der Waals surface area (Å²) in [6.07, 6.45) is 6.16. The standard InChI is InChI=1S/C16H18FN3OS/c1-22-11-13-3-2-10-20(13)16-18-9-8-15(19-16)21-14-6-4-12(17)5-7-14/h4-9,13H,2-3,10-11H2,1H3. The molecule has 22 heavy (non-hydrogen) atoms. The Morgan fingerprint density at radius 3 is 2.91 bits per heavy atom. The Morgan fingerprint density at radius 1 is 1.32 bits per heavy atom. The first-order chi connectivity index (χ1) is 10.8. The fourth-order valence-electron chi connectivity index (χ4n) is 2.62. The van der Waals surface area contributed by atoms with Crippen molar-refractivity contribution < 1.29 is 9.13 Å². The van der Waals surface area contributed by atoms with E-state index in [1.54, 1.807) is 24.4 Å². The molecule has 1 fully saturated rings. The molecule has 2 aromatic rings. The van der Waals surface area contributed by atoms with Gasteiger partial charge in [0.25, 0.3) is 0 Å². The highest BCUT2D eigenvalue weighted by Gasteiger charge is 2.26. The minimum absolute atomic E-state index is 0.285. The van der Waals surface area contributed by atoms with Crippen LogP contribution in [0.4, 0.5) is 10.3 Å².